The van der Waals surface area contributed by atoms with Gasteiger partial charge in [-0.3, -0.25) is 4.79 Å². The van der Waals surface area contributed by atoms with Gasteiger partial charge in [-0.1, -0.05) is 34.6 Å². The summed E-state index contributed by atoms with van der Waals surface area (Å²) in [5.41, 5.74) is 6.62. The van der Waals surface area contributed by atoms with Gasteiger partial charge in [-0.05, 0) is 11.3 Å². The van der Waals surface area contributed by atoms with Gasteiger partial charge < -0.3 is 11.1 Å². The summed E-state index contributed by atoms with van der Waals surface area (Å²) in [4.78, 5) is 16.2. The lowest BCUT2D eigenvalue weighted by atomic mass is 9.87. The molecule has 0 fully saturated rings. The van der Waals surface area contributed by atoms with Crippen LogP contribution in [-0.4, -0.2) is 16.9 Å². The smallest absolute Gasteiger partial charge is 0.243 e. The molecule has 1 atom stereocenters. The van der Waals surface area contributed by atoms with Gasteiger partial charge in [0.2, 0.25) is 5.91 Å². The number of rotatable bonds is 3. The second-order valence-electron chi connectivity index (χ2n) is 5.57. The molecule has 0 aromatic carbocycles. The van der Waals surface area contributed by atoms with Crippen molar-refractivity contribution in [2.45, 2.75) is 46.6 Å². The number of nitrogens with two attached hydrogens (primary N) is 1. The first-order valence-corrected chi connectivity index (χ1v) is 6.61. The third-order valence-corrected chi connectivity index (χ3v) is 3.34. The van der Waals surface area contributed by atoms with Crippen LogP contribution in [0.25, 0.3) is 0 Å². The molecule has 0 aliphatic rings. The number of hydrogen-bond donors (Lipinski definition) is 2. The summed E-state index contributed by atoms with van der Waals surface area (Å²) in [5.74, 6) is 0.190. The molecule has 0 aliphatic carbocycles. The van der Waals surface area contributed by atoms with E-state index >= 15 is 0 Å². The minimum atomic E-state index is -0.533. The first kappa shape index (κ1) is 14.1. The number of anilines is 1. The lowest BCUT2D eigenvalue weighted by molar-refractivity contribution is -0.119. The second-order valence-corrected chi connectivity index (χ2v) is 6.42. The van der Waals surface area contributed by atoms with Crippen LogP contribution in [0.15, 0.2) is 5.38 Å². The summed E-state index contributed by atoms with van der Waals surface area (Å²) in [5, 5.41) is 5.35. The molecule has 0 aliphatic heterocycles. The third-order valence-electron chi connectivity index (χ3n) is 2.56. The van der Waals surface area contributed by atoms with Gasteiger partial charge >= 0.3 is 0 Å². The van der Waals surface area contributed by atoms with Crippen molar-refractivity contribution >= 4 is 22.4 Å². The van der Waals surface area contributed by atoms with Crippen LogP contribution in [0, 0.1) is 5.41 Å². The molecule has 17 heavy (non-hydrogen) atoms. The van der Waals surface area contributed by atoms with Crippen LogP contribution in [-0.2, 0) is 4.79 Å². The van der Waals surface area contributed by atoms with Crippen molar-refractivity contribution in [2.75, 3.05) is 5.32 Å². The number of nitrogens with zero attached hydrogens (tertiary/aromatic N) is 1. The molecule has 1 aromatic heterocycles. The van der Waals surface area contributed by atoms with Crippen molar-refractivity contribution in [3.63, 3.8) is 0 Å². The number of aromatic nitrogens is 1. The summed E-state index contributed by atoms with van der Waals surface area (Å²) >= 11 is 1.44. The molecule has 1 amide bonds. The predicted octanol–water partition coefficient (Wildman–Crippen LogP) is 2.58. The molecule has 3 N–H and O–H groups in total. The minimum Gasteiger partial charge on any atom is -0.319 e. The molecule has 0 radical (unpaired) electrons. The predicted molar refractivity (Wildman–Crippen MR) is 72.3 cm³/mol. The van der Waals surface area contributed by atoms with Crippen molar-refractivity contribution < 1.29 is 4.79 Å². The van der Waals surface area contributed by atoms with Crippen LogP contribution in [0.3, 0.4) is 0 Å². The van der Waals surface area contributed by atoms with E-state index in [0.29, 0.717) is 11.0 Å². The van der Waals surface area contributed by atoms with Gasteiger partial charge in [0.05, 0.1) is 11.7 Å². The van der Waals surface area contributed by atoms with Crippen molar-refractivity contribution in [3.8, 4) is 0 Å². The lowest BCUT2D eigenvalue weighted by Crippen LogP contribution is -2.45. The second kappa shape index (κ2) is 5.14. The largest absolute Gasteiger partial charge is 0.319 e. The molecule has 4 nitrogen and oxygen atoms in total. The topological polar surface area (TPSA) is 68.0 Å². The van der Waals surface area contributed by atoms with Crippen LogP contribution < -0.4 is 11.1 Å². The minimum absolute atomic E-state index is 0.179. The molecule has 1 aromatic rings. The molecule has 96 valence electrons. The van der Waals surface area contributed by atoms with E-state index in [0.717, 1.165) is 5.69 Å². The van der Waals surface area contributed by atoms with Crippen molar-refractivity contribution in [1.82, 2.24) is 4.98 Å². The maximum atomic E-state index is 11.9. The van der Waals surface area contributed by atoms with Gasteiger partial charge in [-0.25, -0.2) is 4.98 Å². The molecule has 5 heteroatoms. The number of amides is 1. The van der Waals surface area contributed by atoms with Crippen LogP contribution in [0.1, 0.15) is 46.2 Å². The van der Waals surface area contributed by atoms with Crippen LogP contribution in [0.2, 0.25) is 0 Å². The van der Waals surface area contributed by atoms with Crippen LogP contribution in [0.5, 0.6) is 0 Å². The number of carbonyl (C=O) groups is 1. The van der Waals surface area contributed by atoms with Gasteiger partial charge in [0.1, 0.15) is 0 Å². The summed E-state index contributed by atoms with van der Waals surface area (Å²) in [7, 11) is 0. The van der Waals surface area contributed by atoms with E-state index in [1.165, 1.54) is 11.3 Å². The fraction of sp³-hybridized carbons (Fsp3) is 0.667. The Morgan fingerprint density at radius 2 is 2.06 bits per heavy atom. The van der Waals surface area contributed by atoms with Crippen LogP contribution >= 0.6 is 11.3 Å². The van der Waals surface area contributed by atoms with E-state index in [-0.39, 0.29) is 11.3 Å². The molecule has 1 heterocycles. The van der Waals surface area contributed by atoms with Gasteiger partial charge in [0, 0.05) is 5.38 Å². The van der Waals surface area contributed by atoms with E-state index in [4.69, 9.17) is 5.73 Å². The highest BCUT2D eigenvalue weighted by Crippen LogP contribution is 2.23. The average Bonchev–Trinajstić information content (AvgIpc) is 2.63. The molecule has 0 bridgehead atoms. The van der Waals surface area contributed by atoms with Gasteiger partial charge in [0.15, 0.2) is 5.13 Å². The zero-order valence-electron chi connectivity index (χ0n) is 11.1. The molecule has 0 saturated carbocycles. The Morgan fingerprint density at radius 1 is 1.47 bits per heavy atom. The Labute approximate surface area is 107 Å². The molecule has 0 unspecified atom stereocenters. The van der Waals surface area contributed by atoms with E-state index < -0.39 is 6.04 Å². The Kier molecular flexibility index (Phi) is 4.27. The Balaban J connectivity index is 2.68. The van der Waals surface area contributed by atoms with Crippen molar-refractivity contribution in [3.05, 3.63) is 11.1 Å². The van der Waals surface area contributed by atoms with Crippen molar-refractivity contribution in [2.24, 2.45) is 11.1 Å². The number of carbonyl (C=O) groups excluding carboxylic acids is 1. The maximum Gasteiger partial charge on any atom is 0.243 e. The Hall–Kier alpha value is -0.940. The first-order chi connectivity index (χ1) is 7.71. The van der Waals surface area contributed by atoms with E-state index in [1.807, 2.05) is 26.2 Å². The molecule has 1 rings (SSSR count). The first-order valence-electron chi connectivity index (χ1n) is 5.73. The number of nitrogens with one attached hydrogen (secondary N) is 1. The SMILES string of the molecule is CC(C)c1csc(NC(=O)[C@@H](N)C(C)(C)C)n1. The summed E-state index contributed by atoms with van der Waals surface area (Å²) in [6.45, 7) is 9.97. The maximum absolute atomic E-state index is 11.9. The quantitative estimate of drug-likeness (QED) is 0.872. The highest BCUT2D eigenvalue weighted by atomic mass is 32.1. The summed E-state index contributed by atoms with van der Waals surface area (Å²) in [6, 6.07) is -0.533. The van der Waals surface area contributed by atoms with Crippen LogP contribution in [0.4, 0.5) is 5.13 Å². The fourth-order valence-corrected chi connectivity index (χ4v) is 2.06. The van der Waals surface area contributed by atoms with Gasteiger partial charge in [0.25, 0.3) is 0 Å². The summed E-state index contributed by atoms with van der Waals surface area (Å²) < 4.78 is 0. The Bertz CT molecular complexity index is 393. The fourth-order valence-electron chi connectivity index (χ4n) is 1.19. The molecule has 0 saturated heterocycles. The van der Waals surface area contributed by atoms with E-state index in [1.54, 1.807) is 0 Å². The average molecular weight is 255 g/mol. The van der Waals surface area contributed by atoms with E-state index in [2.05, 4.69) is 24.1 Å². The normalized spacial score (nSPS) is 13.8. The third kappa shape index (κ3) is 3.78. The van der Waals surface area contributed by atoms with Crippen molar-refractivity contribution in [1.29, 1.82) is 0 Å². The number of thiazole rings is 1. The summed E-state index contributed by atoms with van der Waals surface area (Å²) in [6.07, 6.45) is 0. The van der Waals surface area contributed by atoms with Gasteiger partial charge in [-0.2, -0.15) is 0 Å². The monoisotopic (exact) mass is 255 g/mol. The molecule has 0 spiro atoms. The zero-order chi connectivity index (χ0) is 13.2. The molecular formula is C12H21N3OS. The highest BCUT2D eigenvalue weighted by Gasteiger charge is 2.27. The molecular weight excluding hydrogens is 234 g/mol. The number of hydrogen-bond acceptors (Lipinski definition) is 4. The Morgan fingerprint density at radius 3 is 2.47 bits per heavy atom. The van der Waals surface area contributed by atoms with E-state index in [9.17, 15) is 4.79 Å². The zero-order valence-corrected chi connectivity index (χ0v) is 11.9. The lowest BCUT2D eigenvalue weighted by Gasteiger charge is -2.25. The van der Waals surface area contributed by atoms with Gasteiger partial charge in [-0.15, -0.1) is 11.3 Å². The highest BCUT2D eigenvalue weighted by molar-refractivity contribution is 7.13. The standard InChI is InChI=1S/C12H21N3OS/c1-7(2)8-6-17-11(14-8)15-10(16)9(13)12(3,4)5/h6-7,9H,13H2,1-5H3,(H,14,15,16)/t9-/m1/s1.